The Morgan fingerprint density at radius 1 is 1.44 bits per heavy atom. The zero-order chi connectivity index (χ0) is 18.6. The predicted molar refractivity (Wildman–Crippen MR) is 108 cm³/mol. The van der Waals surface area contributed by atoms with E-state index in [2.05, 4.69) is 19.2 Å². The van der Waals surface area contributed by atoms with E-state index in [4.69, 9.17) is 18.4 Å². The van der Waals surface area contributed by atoms with E-state index in [0.29, 0.717) is 6.54 Å². The van der Waals surface area contributed by atoms with Crippen LogP contribution in [0.3, 0.4) is 0 Å². The minimum absolute atomic E-state index is 0.0451. The number of amides is 1. The molecule has 3 atom stereocenters. The van der Waals surface area contributed by atoms with Crippen molar-refractivity contribution in [2.75, 3.05) is 13.1 Å². The first kappa shape index (κ1) is 20.3. The summed E-state index contributed by atoms with van der Waals surface area (Å²) < 4.78 is 0. The summed E-state index contributed by atoms with van der Waals surface area (Å²) in [7, 11) is 0. The number of carbonyl (C=O) groups excluding carboxylic acids is 1. The lowest BCUT2D eigenvalue weighted by Gasteiger charge is -2.51. The normalized spacial score (nSPS) is 25.0. The third kappa shape index (κ3) is 4.21. The maximum Gasteiger partial charge on any atom is 0.254 e. The highest BCUT2D eigenvalue weighted by molar-refractivity contribution is 7.81. The molecule has 140 valence electrons. The molecular formula is C20H33N3OS. The Kier molecular flexibility index (Phi) is 6.94. The summed E-state index contributed by atoms with van der Waals surface area (Å²) in [5.74, 6) is 0.0755. The van der Waals surface area contributed by atoms with Crippen LogP contribution in [0.4, 0.5) is 0 Å². The largest absolute Gasteiger partial charge is 0.330 e. The topological polar surface area (TPSA) is 58.4 Å². The number of nitrogens with one attached hydrogen (secondary N) is 1. The van der Waals surface area contributed by atoms with Crippen molar-refractivity contribution in [2.45, 2.75) is 70.3 Å². The molecule has 1 heterocycles. The quantitative estimate of drug-likeness (QED) is 0.680. The SMILES string of the molecule is CCCCC1(N)NCCN(C(=O)c2cccc(C)c2C)C1C(S)CC. The molecule has 1 fully saturated rings. The maximum absolute atomic E-state index is 13.4. The van der Waals surface area contributed by atoms with Gasteiger partial charge in [-0.2, -0.15) is 12.6 Å². The molecular weight excluding hydrogens is 330 g/mol. The number of piperazine rings is 1. The molecule has 1 amide bonds. The molecule has 0 radical (unpaired) electrons. The first-order valence-electron chi connectivity index (χ1n) is 9.44. The second kappa shape index (κ2) is 8.56. The van der Waals surface area contributed by atoms with Gasteiger partial charge in [0.15, 0.2) is 0 Å². The average Bonchev–Trinajstić information content (AvgIpc) is 2.61. The van der Waals surface area contributed by atoms with Crippen LogP contribution < -0.4 is 11.1 Å². The third-order valence-corrected chi connectivity index (χ3v) is 6.14. The van der Waals surface area contributed by atoms with Gasteiger partial charge in [-0.15, -0.1) is 0 Å². The molecule has 0 bridgehead atoms. The second-order valence-corrected chi connectivity index (χ2v) is 7.90. The molecule has 3 N–H and O–H groups in total. The fourth-order valence-corrected chi connectivity index (χ4v) is 4.20. The Labute approximate surface area is 158 Å². The number of hydrogen-bond acceptors (Lipinski definition) is 4. The van der Waals surface area contributed by atoms with Gasteiger partial charge in [0, 0.05) is 23.9 Å². The maximum atomic E-state index is 13.4. The minimum atomic E-state index is -0.579. The van der Waals surface area contributed by atoms with Crippen molar-refractivity contribution in [1.29, 1.82) is 0 Å². The van der Waals surface area contributed by atoms with Crippen LogP contribution in [0.5, 0.6) is 0 Å². The van der Waals surface area contributed by atoms with E-state index in [1.807, 2.05) is 36.9 Å². The Bertz CT molecular complexity index is 607. The van der Waals surface area contributed by atoms with E-state index >= 15 is 0 Å². The first-order chi connectivity index (χ1) is 11.9. The van der Waals surface area contributed by atoms with Crippen molar-refractivity contribution in [2.24, 2.45) is 5.73 Å². The van der Waals surface area contributed by atoms with Crippen LogP contribution in [0.1, 0.15) is 61.0 Å². The van der Waals surface area contributed by atoms with Gasteiger partial charge in [-0.3, -0.25) is 10.1 Å². The van der Waals surface area contributed by atoms with E-state index < -0.39 is 5.66 Å². The number of thiol groups is 1. The van der Waals surface area contributed by atoms with Crippen LogP contribution in [0.15, 0.2) is 18.2 Å². The van der Waals surface area contributed by atoms with Gasteiger partial charge in [-0.25, -0.2) is 0 Å². The standard InChI is InChI=1S/C20H33N3OS/c1-5-7-11-20(21)18(17(25)6-2)23(13-12-22-20)19(24)16-10-8-9-14(3)15(16)4/h8-10,17-18,22,25H,5-7,11-13,21H2,1-4H3. The molecule has 4 nitrogen and oxygen atoms in total. The number of hydrogen-bond donors (Lipinski definition) is 3. The van der Waals surface area contributed by atoms with Crippen molar-refractivity contribution in [1.82, 2.24) is 10.2 Å². The monoisotopic (exact) mass is 363 g/mol. The number of nitrogens with zero attached hydrogens (tertiary/aromatic N) is 1. The van der Waals surface area contributed by atoms with Crippen molar-refractivity contribution in [3.8, 4) is 0 Å². The number of unbranched alkanes of at least 4 members (excludes halogenated alkanes) is 1. The summed E-state index contributed by atoms with van der Waals surface area (Å²) in [5, 5.41) is 3.54. The summed E-state index contributed by atoms with van der Waals surface area (Å²) >= 11 is 4.81. The van der Waals surface area contributed by atoms with Gasteiger partial charge in [0.2, 0.25) is 0 Å². The molecule has 1 aromatic carbocycles. The average molecular weight is 364 g/mol. The lowest BCUT2D eigenvalue weighted by molar-refractivity contribution is 0.0334. The molecule has 25 heavy (non-hydrogen) atoms. The Hall–Kier alpha value is -1.04. The number of nitrogens with two attached hydrogens (primary N) is 1. The number of benzene rings is 1. The fraction of sp³-hybridized carbons (Fsp3) is 0.650. The van der Waals surface area contributed by atoms with Gasteiger partial charge in [0.1, 0.15) is 0 Å². The number of carbonyl (C=O) groups is 1. The zero-order valence-electron chi connectivity index (χ0n) is 16.0. The summed E-state index contributed by atoms with van der Waals surface area (Å²) in [6.07, 6.45) is 3.84. The second-order valence-electron chi connectivity index (χ2n) is 7.24. The van der Waals surface area contributed by atoms with E-state index in [9.17, 15) is 4.79 Å². The van der Waals surface area contributed by atoms with Gasteiger partial charge < -0.3 is 10.6 Å². The van der Waals surface area contributed by atoms with Crippen molar-refractivity contribution in [3.05, 3.63) is 34.9 Å². The zero-order valence-corrected chi connectivity index (χ0v) is 16.9. The van der Waals surface area contributed by atoms with Crippen LogP contribution >= 0.6 is 12.6 Å². The molecule has 0 aliphatic carbocycles. The smallest absolute Gasteiger partial charge is 0.254 e. The van der Waals surface area contributed by atoms with Gasteiger partial charge in [-0.05, 0) is 43.9 Å². The van der Waals surface area contributed by atoms with Crippen LogP contribution in [0.25, 0.3) is 0 Å². The van der Waals surface area contributed by atoms with Gasteiger partial charge in [0.05, 0.1) is 11.7 Å². The Morgan fingerprint density at radius 2 is 2.16 bits per heavy atom. The van der Waals surface area contributed by atoms with Gasteiger partial charge in [0.25, 0.3) is 5.91 Å². The van der Waals surface area contributed by atoms with E-state index in [1.54, 1.807) is 0 Å². The molecule has 5 heteroatoms. The highest BCUT2D eigenvalue weighted by Gasteiger charge is 2.46. The van der Waals surface area contributed by atoms with Crippen molar-refractivity contribution >= 4 is 18.5 Å². The highest BCUT2D eigenvalue weighted by Crippen LogP contribution is 2.30. The fourth-order valence-electron chi connectivity index (χ4n) is 3.78. The van der Waals surface area contributed by atoms with Gasteiger partial charge in [-0.1, -0.05) is 38.8 Å². The minimum Gasteiger partial charge on any atom is -0.330 e. The van der Waals surface area contributed by atoms with Crippen LogP contribution in [0.2, 0.25) is 0 Å². The summed E-state index contributed by atoms with van der Waals surface area (Å²) in [6, 6.07) is 5.81. The molecule has 0 spiro atoms. The molecule has 2 rings (SSSR count). The summed E-state index contributed by atoms with van der Waals surface area (Å²) in [4.78, 5) is 15.3. The highest BCUT2D eigenvalue weighted by atomic mass is 32.1. The van der Waals surface area contributed by atoms with E-state index in [0.717, 1.165) is 48.9 Å². The Morgan fingerprint density at radius 3 is 2.80 bits per heavy atom. The first-order valence-corrected chi connectivity index (χ1v) is 9.96. The van der Waals surface area contributed by atoms with Crippen LogP contribution in [-0.2, 0) is 0 Å². The molecule has 3 unspecified atom stereocenters. The predicted octanol–water partition coefficient (Wildman–Crippen LogP) is 3.27. The third-order valence-electron chi connectivity index (χ3n) is 5.49. The Balaban J connectivity index is 2.39. The lowest BCUT2D eigenvalue weighted by atomic mass is 9.87. The van der Waals surface area contributed by atoms with E-state index in [-0.39, 0.29) is 17.2 Å². The number of rotatable bonds is 6. The summed E-state index contributed by atoms with van der Waals surface area (Å²) in [5.41, 5.74) is 9.17. The lowest BCUT2D eigenvalue weighted by Crippen LogP contribution is -2.74. The molecule has 1 aromatic rings. The molecule has 0 saturated carbocycles. The van der Waals surface area contributed by atoms with Crippen LogP contribution in [0, 0.1) is 13.8 Å². The van der Waals surface area contributed by atoms with Crippen molar-refractivity contribution in [3.63, 3.8) is 0 Å². The molecule has 1 aliphatic heterocycles. The summed E-state index contributed by atoms with van der Waals surface area (Å²) in [6.45, 7) is 9.72. The van der Waals surface area contributed by atoms with Crippen molar-refractivity contribution < 1.29 is 4.79 Å². The van der Waals surface area contributed by atoms with Crippen LogP contribution in [-0.4, -0.2) is 40.9 Å². The molecule has 1 saturated heterocycles. The molecule has 0 aromatic heterocycles. The van der Waals surface area contributed by atoms with Gasteiger partial charge >= 0.3 is 0 Å². The number of aryl methyl sites for hydroxylation is 1. The molecule has 1 aliphatic rings. The van der Waals surface area contributed by atoms with E-state index in [1.165, 1.54) is 0 Å².